The minimum Gasteiger partial charge on any atom is -0.497 e. The molecule has 14 nitrogen and oxygen atoms in total. The molecule has 0 radical (unpaired) electrons. The Bertz CT molecular complexity index is 5260. The first-order chi connectivity index (χ1) is 60.3. The van der Waals surface area contributed by atoms with E-state index in [0.717, 1.165) is 56.0 Å². The molecular formula is C102H127F18N7O7. The Morgan fingerprint density at radius 1 is 0.351 bits per heavy atom. The first kappa shape index (κ1) is 114. The summed E-state index contributed by atoms with van der Waals surface area (Å²) in [4.78, 5) is 82.5. The molecule has 6 aromatic rings. The van der Waals surface area contributed by atoms with E-state index in [2.05, 4.69) is 20.8 Å². The number of alkyl halides is 18. The van der Waals surface area contributed by atoms with E-state index in [0.29, 0.717) is 96.0 Å². The number of methoxy groups -OCH3 is 1. The summed E-state index contributed by atoms with van der Waals surface area (Å²) >= 11 is 0. The number of ether oxygens (including phenoxy) is 1. The molecule has 0 unspecified atom stereocenters. The van der Waals surface area contributed by atoms with Crippen LogP contribution in [0.1, 0.15) is 182 Å². The van der Waals surface area contributed by atoms with Crippen LogP contribution in [0.4, 0.5) is 113 Å². The molecular weight excluding hydrogens is 1780 g/mol. The van der Waals surface area contributed by atoms with Gasteiger partial charge in [0.2, 0.25) is 0 Å². The van der Waals surface area contributed by atoms with Gasteiger partial charge in [0.25, 0.3) is 34.7 Å². The van der Waals surface area contributed by atoms with Gasteiger partial charge in [-0.25, -0.2) is 0 Å². The number of nitrogens with zero attached hydrogens (tertiary/aromatic N) is 7. The second-order valence-electron chi connectivity index (χ2n) is 39.1. The van der Waals surface area contributed by atoms with Gasteiger partial charge in [-0.3, -0.25) is 28.8 Å². The van der Waals surface area contributed by atoms with Gasteiger partial charge in [-0.15, -0.1) is 0 Å². The summed E-state index contributed by atoms with van der Waals surface area (Å²) in [7, 11) is 5.37. The first-order valence-electron chi connectivity index (χ1n) is 43.0. The van der Waals surface area contributed by atoms with Gasteiger partial charge in [0.1, 0.15) is 5.75 Å². The Balaban J connectivity index is 0.000000284. The quantitative estimate of drug-likeness (QED) is 0.0903. The Hall–Kier alpha value is -10.8. The van der Waals surface area contributed by atoms with Gasteiger partial charge in [0.15, 0.2) is 0 Å². The van der Waals surface area contributed by atoms with Crippen LogP contribution in [0.5, 0.6) is 5.75 Å². The molecule has 134 heavy (non-hydrogen) atoms. The lowest BCUT2D eigenvalue weighted by Gasteiger charge is -2.37. The monoisotopic (exact) mass is 1900 g/mol. The number of hydrogen-bond donors (Lipinski definition) is 0. The molecule has 0 atom stereocenters. The van der Waals surface area contributed by atoms with Gasteiger partial charge in [0.05, 0.1) is 7.11 Å². The van der Waals surface area contributed by atoms with Gasteiger partial charge in [-0.05, 0) is 179 Å². The molecule has 0 N–H and O–H groups in total. The Labute approximate surface area is 775 Å². The number of fused-ring (bicyclic) bond motifs is 1. The Morgan fingerprint density at radius 2 is 0.612 bits per heavy atom. The number of allylic oxidation sites excluding steroid dienone is 6. The normalized spacial score (nSPS) is 18.0. The molecule has 0 aliphatic carbocycles. The fraction of sp³-hybridized carbons (Fsp3) is 0.490. The zero-order chi connectivity index (χ0) is 99.8. The van der Waals surface area contributed by atoms with Crippen LogP contribution in [0.2, 0.25) is 0 Å². The number of Topliss-reactive ketones (excluding diaryl/α,β-unsaturated/α-hetero) is 6. The average molecular weight is 1910 g/mol. The van der Waals surface area contributed by atoms with Gasteiger partial charge < -0.3 is 39.0 Å². The molecule has 738 valence electrons. The molecule has 0 saturated carbocycles. The van der Waals surface area contributed by atoms with Crippen molar-refractivity contribution in [2.75, 3.05) is 96.4 Å². The molecule has 6 aromatic carbocycles. The maximum absolute atomic E-state index is 13.0. The van der Waals surface area contributed by atoms with E-state index in [1.54, 1.807) is 139 Å². The number of anilines is 6. The maximum Gasteiger partial charge on any atom is 0.454 e. The lowest BCUT2D eigenvalue weighted by molar-refractivity contribution is -0.168. The number of halogens is 18. The summed E-state index contributed by atoms with van der Waals surface area (Å²) in [6.45, 7) is 36.6. The van der Waals surface area contributed by atoms with Crippen molar-refractivity contribution >= 4 is 79.6 Å². The third-order valence-electron chi connectivity index (χ3n) is 24.2. The fourth-order valence-electron chi connectivity index (χ4n) is 15.4. The van der Waals surface area contributed by atoms with Crippen LogP contribution in [0.15, 0.2) is 210 Å². The first-order valence-corrected chi connectivity index (χ1v) is 43.0. The van der Waals surface area contributed by atoms with Crippen molar-refractivity contribution in [1.29, 1.82) is 0 Å². The van der Waals surface area contributed by atoms with E-state index in [1.807, 2.05) is 160 Å². The smallest absolute Gasteiger partial charge is 0.454 e. The van der Waals surface area contributed by atoms with Crippen LogP contribution in [-0.2, 0) is 34.2 Å². The van der Waals surface area contributed by atoms with Crippen LogP contribution in [0, 0.1) is 45.3 Å². The molecule has 0 amide bonds. The molecule has 6 aliphatic rings. The molecule has 0 saturated heterocycles. The number of rotatable bonds is 15. The van der Waals surface area contributed by atoms with Crippen LogP contribution < -0.4 is 34.1 Å². The Morgan fingerprint density at radius 3 is 0.903 bits per heavy atom. The minimum absolute atomic E-state index is 0. The second-order valence-corrected chi connectivity index (χ2v) is 39.1. The summed E-state index contributed by atoms with van der Waals surface area (Å²) in [6.07, 6.45) is -17.9. The third-order valence-corrected chi connectivity index (χ3v) is 24.2. The highest BCUT2D eigenvalue weighted by Crippen LogP contribution is 2.48. The molecule has 6 heterocycles. The average Bonchev–Trinajstić information content (AvgIpc) is 0.817. The van der Waals surface area contributed by atoms with Crippen molar-refractivity contribution in [3.05, 3.63) is 221 Å². The van der Waals surface area contributed by atoms with Crippen molar-refractivity contribution in [3.8, 4) is 5.75 Å². The standard InChI is InChI=1S/C19H18F3NO.C19H24F3NO.C17H21F3N2O.C16H18F3NO2.C16H18F3NO.C13H20F3NO.2CH4/c1-18(2)10-11-23(12-15(18)17(24)19(20,21)22)16-9-5-7-13-6-3-4-8-14(13)16;1-17(2,3)13-6-8-14(9-7-13)23-11-10-18(4,5)15(12-23)16(24)19(20,21)22;1-16(2)9-10-22(11-14(16)15(23)17(18,19)20)13-7-5-12(6-8-13)21(3)4;1-15(2)8-9-20(10-13(15)14(21)16(17,18)19)11-4-6-12(22-3)7-5-11;1-11-4-6-12(7-5-11)20-9-8-15(2,3)13(10-20)14(21)16(17,18)19;1-9(2)7-17-6-5-12(3,4)10(8-17)11(18)13(14,15)16;;/h3-9,12H,10-11H2,1-2H3;6-9,12H,10-11H2,1-5H3;5-8,11H,9-10H2,1-4H3;4-7,10H,8-9H2,1-3H3;4-7,10H,8-9H2,1-3H3;8-9H,5-7H2,1-4H3;2*1H4. The lowest BCUT2D eigenvalue weighted by atomic mass is 9.77. The van der Waals surface area contributed by atoms with E-state index in [9.17, 15) is 108 Å². The molecule has 0 aromatic heterocycles. The van der Waals surface area contributed by atoms with Gasteiger partial charge in [-0.1, -0.05) is 199 Å². The van der Waals surface area contributed by atoms with E-state index in [1.165, 1.54) is 37.2 Å². The zero-order valence-electron chi connectivity index (χ0n) is 78.3. The molecule has 0 spiro atoms. The van der Waals surface area contributed by atoms with Crippen molar-refractivity contribution in [2.24, 2.45) is 38.4 Å². The predicted octanol–water partition coefficient (Wildman–Crippen LogP) is 27.2. The zero-order valence-corrected chi connectivity index (χ0v) is 78.3. The van der Waals surface area contributed by atoms with Gasteiger partial charge in [0, 0.05) is 170 Å². The number of ketones is 6. The highest BCUT2D eigenvalue weighted by atomic mass is 19.4. The summed E-state index contributed by atoms with van der Waals surface area (Å²) < 4.78 is 235. The largest absolute Gasteiger partial charge is 0.497 e. The molecule has 0 fully saturated rings. The number of aryl methyl sites for hydroxylation is 1. The van der Waals surface area contributed by atoms with E-state index < -0.39 is 104 Å². The van der Waals surface area contributed by atoms with Gasteiger partial charge >= 0.3 is 37.1 Å². The third kappa shape index (κ3) is 29.8. The second kappa shape index (κ2) is 43.5. The van der Waals surface area contributed by atoms with Crippen molar-refractivity contribution in [3.63, 3.8) is 0 Å². The van der Waals surface area contributed by atoms with Crippen molar-refractivity contribution in [1.82, 2.24) is 4.90 Å². The van der Waals surface area contributed by atoms with Crippen LogP contribution >= 0.6 is 0 Å². The number of hydrogen-bond acceptors (Lipinski definition) is 14. The SMILES string of the molecule is C.C.CC(C)CN1C=C(C(=O)C(F)(F)F)C(C)(C)CC1.CC1(C)CCN(c2ccc(C(C)(C)C)cc2)C=C1C(=O)C(F)(F)F.CC1(C)CCN(c2cccc3ccccc23)C=C1C(=O)C(F)(F)F.CN(C)c1ccc(N2C=C(C(=O)C(F)(F)F)C(C)(C)CC2)cc1.COc1ccc(N2C=C(C(=O)C(F)(F)F)C(C)(C)CC2)cc1.Cc1ccc(N2C=C(C(=O)C(F)(F)F)C(C)(C)CC2)cc1. The van der Waals surface area contributed by atoms with Crippen LogP contribution in [0.25, 0.3) is 10.8 Å². The van der Waals surface area contributed by atoms with Crippen LogP contribution in [-0.4, -0.2) is 144 Å². The van der Waals surface area contributed by atoms with Crippen molar-refractivity contribution in [2.45, 2.75) is 220 Å². The van der Waals surface area contributed by atoms with E-state index in [-0.39, 0.29) is 53.7 Å². The molecule has 12 rings (SSSR count). The van der Waals surface area contributed by atoms with Crippen molar-refractivity contribution < 1.29 is 113 Å². The maximum atomic E-state index is 13.0. The lowest BCUT2D eigenvalue weighted by Crippen LogP contribution is -2.40. The summed E-state index contributed by atoms with van der Waals surface area (Å²) in [5, 5.41) is 1.96. The molecule has 32 heteroatoms. The highest BCUT2D eigenvalue weighted by molar-refractivity contribution is 6.05. The Kier molecular flexibility index (Phi) is 36.9. The summed E-state index contributed by atoms with van der Waals surface area (Å²) in [5.74, 6) is -9.46. The number of carbonyl (C=O) groups excluding carboxylic acids is 6. The van der Waals surface area contributed by atoms with Crippen LogP contribution in [0.3, 0.4) is 0 Å². The van der Waals surface area contributed by atoms with E-state index in [4.69, 9.17) is 4.74 Å². The number of carbonyl (C=O) groups is 6. The predicted molar refractivity (Wildman–Crippen MR) is 496 cm³/mol. The summed E-state index contributed by atoms with van der Waals surface area (Å²) in [5.41, 5.74) is 1.45. The minimum atomic E-state index is -4.86. The van der Waals surface area contributed by atoms with E-state index >= 15 is 0 Å². The highest BCUT2D eigenvalue weighted by Gasteiger charge is 2.53. The number of benzene rings is 6. The molecule has 6 aliphatic heterocycles. The topological polar surface area (TPSA) is 134 Å². The molecule has 0 bridgehead atoms. The summed E-state index contributed by atoms with van der Waals surface area (Å²) in [6, 6.07) is 43.1. The van der Waals surface area contributed by atoms with Gasteiger partial charge in [-0.2, -0.15) is 79.0 Å². The fourth-order valence-corrected chi connectivity index (χ4v) is 15.4.